The van der Waals surface area contributed by atoms with Gasteiger partial charge in [-0.2, -0.15) is 0 Å². The average Bonchev–Trinajstić information content (AvgIpc) is 2.68. The normalized spacial score (nSPS) is 24.3. The number of nitrogens with zero attached hydrogens (tertiary/aromatic N) is 3. The first-order chi connectivity index (χ1) is 14.5. The summed E-state index contributed by atoms with van der Waals surface area (Å²) in [7, 11) is 0.631. The van der Waals surface area contributed by atoms with E-state index in [1.807, 2.05) is 14.0 Å². The van der Waals surface area contributed by atoms with Gasteiger partial charge in [-0.15, -0.1) is 0 Å². The highest BCUT2D eigenvalue weighted by Crippen LogP contribution is 2.83. The first kappa shape index (κ1) is 28.8. The number of pyridine rings is 1. The summed E-state index contributed by atoms with van der Waals surface area (Å²) < 4.78 is 17.1. The Morgan fingerprint density at radius 3 is 2.33 bits per heavy atom. The van der Waals surface area contributed by atoms with Crippen LogP contribution in [0.3, 0.4) is 0 Å². The van der Waals surface area contributed by atoms with E-state index in [4.69, 9.17) is 22.3 Å². The molecule has 0 spiro atoms. The van der Waals surface area contributed by atoms with Crippen LogP contribution >= 0.6 is 20.1 Å². The van der Waals surface area contributed by atoms with E-state index >= 15 is 4.39 Å². The van der Waals surface area contributed by atoms with Gasteiger partial charge in [-0.05, 0) is 68.8 Å². The number of hydrogen-bond donors (Lipinski definition) is 2. The van der Waals surface area contributed by atoms with Crippen LogP contribution in [0.25, 0.3) is 0 Å². The molecule has 0 unspecified atom stereocenters. The maximum Gasteiger partial charge on any atom is 0.199 e. The van der Waals surface area contributed by atoms with Crippen LogP contribution in [-0.4, -0.2) is 71.4 Å². The molecule has 0 saturated carbocycles. The summed E-state index contributed by atoms with van der Waals surface area (Å²) in [5.74, 6) is 0.518. The molecule has 0 aliphatic carbocycles. The molecule has 1 aliphatic rings. The summed E-state index contributed by atoms with van der Waals surface area (Å²) in [4.78, 5) is 21.4. The van der Waals surface area contributed by atoms with E-state index in [0.717, 1.165) is 0 Å². The second-order valence-electron chi connectivity index (χ2n) is 10.6. The fraction of sp³-hybridized carbons (Fsp3) is 0.435. The Kier molecular flexibility index (Phi) is 7.75. The summed E-state index contributed by atoms with van der Waals surface area (Å²) in [5, 5.41) is 0.467. The molecule has 33 heavy (non-hydrogen) atoms. The molecular weight excluding hydrogens is 465 g/mol. The lowest BCUT2D eigenvalue weighted by atomic mass is 9.91. The van der Waals surface area contributed by atoms with Crippen molar-refractivity contribution in [1.82, 2.24) is 9.29 Å². The summed E-state index contributed by atoms with van der Waals surface area (Å²) in [6, 6.07) is 7.98. The molecular formula is C23H37ClFN5O2S. The van der Waals surface area contributed by atoms with Crippen LogP contribution in [0, 0.1) is 5.82 Å². The maximum atomic E-state index is 15.0. The number of hydrogen-bond acceptors (Lipinski definition) is 6. The number of carbonyl (C=O) groups is 1. The van der Waals surface area contributed by atoms with Crippen molar-refractivity contribution in [2.45, 2.75) is 18.9 Å². The van der Waals surface area contributed by atoms with Gasteiger partial charge in [-0.1, -0.05) is 17.7 Å². The zero-order chi connectivity index (χ0) is 24.6. The van der Waals surface area contributed by atoms with Gasteiger partial charge in [0.25, 0.3) is 0 Å². The van der Waals surface area contributed by atoms with Gasteiger partial charge in [-0.3, -0.25) is 9.78 Å². The van der Waals surface area contributed by atoms with Crippen LogP contribution in [0.4, 0.5) is 4.39 Å². The molecule has 0 amide bonds. The van der Waals surface area contributed by atoms with Crippen LogP contribution in [0.5, 0.6) is 0 Å². The first-order valence-corrected chi connectivity index (χ1v) is 14.7. The molecule has 7 nitrogen and oxygen atoms in total. The molecule has 186 valence electrons. The first-order valence-electron chi connectivity index (χ1n) is 10.2. The molecule has 1 aromatic heterocycles. The van der Waals surface area contributed by atoms with Crippen LogP contribution in [-0.2, 0) is 12.0 Å². The molecule has 0 saturated heterocycles. The highest BCUT2D eigenvalue weighted by atomic mass is 35.5. The Morgan fingerprint density at radius 1 is 1.21 bits per heavy atom. The van der Waals surface area contributed by atoms with Crippen molar-refractivity contribution >= 4 is 31.8 Å². The molecule has 0 radical (unpaired) electrons. The van der Waals surface area contributed by atoms with Gasteiger partial charge in [0.15, 0.2) is 11.7 Å². The van der Waals surface area contributed by atoms with Crippen molar-refractivity contribution < 1.29 is 14.7 Å². The fourth-order valence-corrected chi connectivity index (χ4v) is 8.14. The van der Waals surface area contributed by atoms with Gasteiger partial charge >= 0.3 is 0 Å². The smallest absolute Gasteiger partial charge is 0.199 e. The minimum atomic E-state index is -2.82. The van der Waals surface area contributed by atoms with Gasteiger partial charge < -0.3 is 21.2 Å². The quantitative estimate of drug-likeness (QED) is 0.622. The molecule has 0 fully saturated rings. The van der Waals surface area contributed by atoms with E-state index in [2.05, 4.69) is 40.0 Å². The third-order valence-corrected chi connectivity index (χ3v) is 10.7. The summed E-state index contributed by atoms with van der Waals surface area (Å²) >= 11 is 5.84. The molecule has 2 heterocycles. The summed E-state index contributed by atoms with van der Waals surface area (Å²) in [6.07, 6.45) is 10.4. The molecule has 3 rings (SSSR count). The third-order valence-electron chi connectivity index (χ3n) is 5.88. The van der Waals surface area contributed by atoms with Gasteiger partial charge in [0.2, 0.25) is 0 Å². The predicted octanol–water partition coefficient (Wildman–Crippen LogP) is 2.84. The highest BCUT2D eigenvalue weighted by Gasteiger charge is 2.55. The van der Waals surface area contributed by atoms with E-state index in [0.29, 0.717) is 33.6 Å². The number of Topliss-reactive ketones (excluding diaryl/α,β-unsaturated/α-hetero) is 1. The van der Waals surface area contributed by atoms with E-state index < -0.39 is 14.0 Å². The van der Waals surface area contributed by atoms with Crippen molar-refractivity contribution in [2.75, 3.05) is 44.9 Å². The van der Waals surface area contributed by atoms with Crippen molar-refractivity contribution in [3.63, 3.8) is 0 Å². The Hall–Kier alpha value is -2.20. The molecule has 6 N–H and O–H groups in total. The second-order valence-corrected chi connectivity index (χ2v) is 20.8. The SMILES string of the molecule is CN.CN1C(N)=N[C@](C)(c2cc(CC(=O)c3ccc(Cl)cn3)ccc2F)CS1(C)(C)(C)C.O. The lowest BCUT2D eigenvalue weighted by Gasteiger charge is -2.78. The standard InChI is InChI=1S/C22H30ClFN4OS.CH5N.H2O/c1-22(14-30(3,4,5,6)28(2)21(25)27-22)17-11-15(7-9-18(17)24)12-20(29)19-10-8-16(23)13-26-19;1-2;/h7-11,13H,12,14H2,1-6H3,(H2,25,27);2H2,1H3;1H2/t22-;;/m0../s1. The monoisotopic (exact) mass is 501 g/mol. The molecule has 1 aliphatic heterocycles. The second kappa shape index (κ2) is 8.87. The lowest BCUT2D eigenvalue weighted by molar-refractivity contribution is 0.0988. The van der Waals surface area contributed by atoms with Crippen molar-refractivity contribution in [3.8, 4) is 0 Å². The van der Waals surface area contributed by atoms with E-state index in [1.165, 1.54) is 19.3 Å². The van der Waals surface area contributed by atoms with Gasteiger partial charge in [0, 0.05) is 31.0 Å². The number of nitrogens with two attached hydrogens (primary N) is 2. The van der Waals surface area contributed by atoms with Crippen LogP contribution in [0.15, 0.2) is 41.5 Å². The predicted molar refractivity (Wildman–Crippen MR) is 140 cm³/mol. The Balaban J connectivity index is 0.00000177. The maximum absolute atomic E-state index is 15.0. The Bertz CT molecular complexity index is 1070. The molecule has 1 atom stereocenters. The average molecular weight is 502 g/mol. The van der Waals surface area contributed by atoms with E-state index in [-0.39, 0.29) is 23.5 Å². The zero-order valence-electron chi connectivity index (χ0n) is 20.4. The number of aromatic nitrogens is 1. The molecule has 1 aromatic carbocycles. The molecule has 2 aromatic rings. The number of carbonyl (C=O) groups excluding carboxylic acids is 1. The molecule has 0 bridgehead atoms. The third kappa shape index (κ3) is 6.03. The van der Waals surface area contributed by atoms with Crippen molar-refractivity contribution in [2.24, 2.45) is 16.5 Å². The Morgan fingerprint density at radius 2 is 1.82 bits per heavy atom. The number of benzene rings is 1. The highest BCUT2D eigenvalue weighted by molar-refractivity contribution is 8.61. The van der Waals surface area contributed by atoms with Crippen LogP contribution < -0.4 is 11.5 Å². The summed E-state index contributed by atoms with van der Waals surface area (Å²) in [5.41, 5.74) is 11.4. The van der Waals surface area contributed by atoms with Gasteiger partial charge in [0.1, 0.15) is 11.5 Å². The van der Waals surface area contributed by atoms with Crippen LogP contribution in [0.2, 0.25) is 5.02 Å². The number of guanidine groups is 1. The van der Waals surface area contributed by atoms with Gasteiger partial charge in [-0.25, -0.2) is 17.9 Å². The fourth-order valence-electron chi connectivity index (χ4n) is 4.19. The van der Waals surface area contributed by atoms with E-state index in [9.17, 15) is 4.79 Å². The van der Waals surface area contributed by atoms with Crippen molar-refractivity contribution in [3.05, 3.63) is 64.2 Å². The van der Waals surface area contributed by atoms with Crippen LogP contribution in [0.1, 0.15) is 28.5 Å². The summed E-state index contributed by atoms with van der Waals surface area (Å²) in [6.45, 7) is 1.91. The number of halogens is 2. The van der Waals surface area contributed by atoms with Gasteiger partial charge in [0.05, 0.1) is 10.6 Å². The molecule has 10 heteroatoms. The van der Waals surface area contributed by atoms with E-state index in [1.54, 1.807) is 24.3 Å². The minimum absolute atomic E-state index is 0. The lowest BCUT2D eigenvalue weighted by Crippen LogP contribution is -2.61. The Labute approximate surface area is 200 Å². The van der Waals surface area contributed by atoms with Crippen molar-refractivity contribution in [1.29, 1.82) is 0 Å². The number of rotatable bonds is 4. The zero-order valence-corrected chi connectivity index (χ0v) is 22.0. The number of aliphatic imine (C=N–C) groups is 1. The largest absolute Gasteiger partial charge is 0.412 e. The minimum Gasteiger partial charge on any atom is -0.412 e. The number of ketones is 1. The topological polar surface area (TPSA) is 129 Å².